The number of hydrogen-bond acceptors (Lipinski definition) is 2. The average molecular weight is 319 g/mol. The maximum Gasteiger partial charge on any atom is 0.306 e. The number of benzene rings is 2. The fraction of sp³-hybridized carbons (Fsp3) is 0.312. The third kappa shape index (κ3) is 2.27. The molecule has 0 radical (unpaired) electrons. The second kappa shape index (κ2) is 4.97. The van der Waals surface area contributed by atoms with Crippen molar-refractivity contribution in [1.29, 1.82) is 0 Å². The van der Waals surface area contributed by atoms with E-state index in [1.807, 2.05) is 12.1 Å². The monoisotopic (exact) mass is 318 g/mol. The van der Waals surface area contributed by atoms with Crippen molar-refractivity contribution in [2.45, 2.75) is 24.9 Å². The molecule has 3 rings (SSSR count). The van der Waals surface area contributed by atoms with Crippen molar-refractivity contribution < 1.29 is 9.53 Å². The lowest BCUT2D eigenvalue weighted by Gasteiger charge is -2.35. The molecule has 0 unspecified atom stereocenters. The summed E-state index contributed by atoms with van der Waals surface area (Å²) in [6, 6.07) is 14.5. The number of alkyl halides is 1. The van der Waals surface area contributed by atoms with Gasteiger partial charge in [-0.15, -0.1) is 0 Å². The van der Waals surface area contributed by atoms with Gasteiger partial charge in [-0.05, 0) is 35.2 Å². The van der Waals surface area contributed by atoms with Crippen LogP contribution >= 0.6 is 15.9 Å². The number of ether oxygens (including phenoxy) is 1. The summed E-state index contributed by atoms with van der Waals surface area (Å²) in [7, 11) is 0. The van der Waals surface area contributed by atoms with E-state index in [0.717, 1.165) is 18.4 Å². The van der Waals surface area contributed by atoms with Gasteiger partial charge in [0.15, 0.2) is 0 Å². The van der Waals surface area contributed by atoms with Crippen LogP contribution in [0, 0.1) is 0 Å². The van der Waals surface area contributed by atoms with Gasteiger partial charge in [-0.2, -0.15) is 0 Å². The lowest BCUT2D eigenvalue weighted by molar-refractivity contribution is -0.165. The van der Waals surface area contributed by atoms with E-state index in [-0.39, 0.29) is 5.97 Å². The molecule has 98 valence electrons. The number of hydrogen-bond donors (Lipinski definition) is 0. The molecule has 1 fully saturated rings. The molecule has 2 nitrogen and oxygen atoms in total. The first-order valence-corrected chi connectivity index (χ1v) is 7.63. The fourth-order valence-corrected chi connectivity index (χ4v) is 3.40. The molecule has 0 N–H and O–H groups in total. The molecule has 2 aromatic rings. The standard InChI is InChI=1S/C16H15BrO2/c17-11-16(9-3-6-15(18)19-16)14-8-7-12-4-1-2-5-13(12)10-14/h1-2,4-5,7-8,10H,3,6,9,11H2/t16-/m1/s1. The number of halogens is 1. The molecule has 1 heterocycles. The van der Waals surface area contributed by atoms with Gasteiger partial charge in [0.05, 0.1) is 0 Å². The van der Waals surface area contributed by atoms with Crippen molar-refractivity contribution in [3.05, 3.63) is 48.0 Å². The van der Waals surface area contributed by atoms with Crippen LogP contribution in [0.5, 0.6) is 0 Å². The molecule has 1 saturated heterocycles. The van der Waals surface area contributed by atoms with Gasteiger partial charge in [-0.3, -0.25) is 4.79 Å². The third-order valence-corrected chi connectivity index (χ3v) is 4.67. The van der Waals surface area contributed by atoms with Crippen molar-refractivity contribution in [3.63, 3.8) is 0 Å². The van der Waals surface area contributed by atoms with Crippen molar-refractivity contribution in [1.82, 2.24) is 0 Å². The van der Waals surface area contributed by atoms with Crippen LogP contribution in [0.4, 0.5) is 0 Å². The zero-order valence-electron chi connectivity index (χ0n) is 10.6. The first-order valence-electron chi connectivity index (χ1n) is 6.51. The number of rotatable bonds is 2. The van der Waals surface area contributed by atoms with Crippen LogP contribution in [0.1, 0.15) is 24.8 Å². The molecular weight excluding hydrogens is 304 g/mol. The van der Waals surface area contributed by atoms with E-state index in [4.69, 9.17) is 4.74 Å². The second-order valence-electron chi connectivity index (χ2n) is 5.02. The van der Waals surface area contributed by atoms with E-state index in [1.54, 1.807) is 0 Å². The van der Waals surface area contributed by atoms with Crippen molar-refractivity contribution >= 4 is 32.7 Å². The minimum atomic E-state index is -0.501. The Balaban J connectivity index is 2.08. The van der Waals surface area contributed by atoms with Crippen molar-refractivity contribution in [2.24, 2.45) is 0 Å². The Morgan fingerprint density at radius 2 is 1.95 bits per heavy atom. The van der Waals surface area contributed by atoms with Crippen LogP contribution in [0.3, 0.4) is 0 Å². The van der Waals surface area contributed by atoms with Crippen LogP contribution in [-0.4, -0.2) is 11.3 Å². The zero-order chi connectivity index (χ0) is 13.3. The highest BCUT2D eigenvalue weighted by Gasteiger charge is 2.38. The molecule has 0 bridgehead atoms. The van der Waals surface area contributed by atoms with Gasteiger partial charge in [-0.1, -0.05) is 52.3 Å². The number of fused-ring (bicyclic) bond motifs is 1. The molecule has 0 spiro atoms. The van der Waals surface area contributed by atoms with Gasteiger partial charge < -0.3 is 4.74 Å². The molecule has 0 aromatic heterocycles. The van der Waals surface area contributed by atoms with Crippen molar-refractivity contribution in [2.75, 3.05) is 5.33 Å². The van der Waals surface area contributed by atoms with E-state index in [9.17, 15) is 4.79 Å². The summed E-state index contributed by atoms with van der Waals surface area (Å²) in [5.41, 5.74) is 0.579. The average Bonchev–Trinajstić information content (AvgIpc) is 2.46. The van der Waals surface area contributed by atoms with Crippen LogP contribution in [0.25, 0.3) is 10.8 Å². The Morgan fingerprint density at radius 1 is 1.16 bits per heavy atom. The molecule has 2 aromatic carbocycles. The van der Waals surface area contributed by atoms with Gasteiger partial charge >= 0.3 is 5.97 Å². The summed E-state index contributed by atoms with van der Waals surface area (Å²) in [5, 5.41) is 3.03. The second-order valence-corrected chi connectivity index (χ2v) is 5.58. The summed E-state index contributed by atoms with van der Waals surface area (Å²) < 4.78 is 5.67. The molecule has 0 saturated carbocycles. The Morgan fingerprint density at radius 3 is 2.68 bits per heavy atom. The summed E-state index contributed by atoms with van der Waals surface area (Å²) in [6.07, 6.45) is 2.29. The van der Waals surface area contributed by atoms with Gasteiger partial charge in [0, 0.05) is 11.8 Å². The summed E-state index contributed by atoms with van der Waals surface area (Å²) >= 11 is 3.52. The number of carbonyl (C=O) groups is 1. The topological polar surface area (TPSA) is 26.3 Å². The molecular formula is C16H15BrO2. The van der Waals surface area contributed by atoms with E-state index in [1.165, 1.54) is 10.8 Å². The summed E-state index contributed by atoms with van der Waals surface area (Å²) in [4.78, 5) is 11.6. The van der Waals surface area contributed by atoms with Gasteiger partial charge in [-0.25, -0.2) is 0 Å². The largest absolute Gasteiger partial charge is 0.453 e. The molecule has 1 aliphatic heterocycles. The molecule has 1 aliphatic rings. The van der Waals surface area contributed by atoms with Crippen LogP contribution in [0.15, 0.2) is 42.5 Å². The first kappa shape index (κ1) is 12.7. The van der Waals surface area contributed by atoms with Gasteiger partial charge in [0.1, 0.15) is 5.60 Å². The maximum atomic E-state index is 11.6. The zero-order valence-corrected chi connectivity index (χ0v) is 12.2. The Labute approximate surface area is 120 Å². The van der Waals surface area contributed by atoms with E-state index >= 15 is 0 Å². The maximum absolute atomic E-state index is 11.6. The molecule has 1 atom stereocenters. The van der Waals surface area contributed by atoms with Gasteiger partial charge in [0.25, 0.3) is 0 Å². The van der Waals surface area contributed by atoms with Crippen LogP contribution in [0.2, 0.25) is 0 Å². The SMILES string of the molecule is O=C1CCC[C@@](CBr)(c2ccc3ccccc3c2)O1. The minimum absolute atomic E-state index is 0.0983. The first-order chi connectivity index (χ1) is 9.23. The highest BCUT2D eigenvalue weighted by Crippen LogP contribution is 2.38. The lowest BCUT2D eigenvalue weighted by Crippen LogP contribution is -2.37. The van der Waals surface area contributed by atoms with E-state index < -0.39 is 5.60 Å². The predicted molar refractivity (Wildman–Crippen MR) is 79.4 cm³/mol. The fourth-order valence-electron chi connectivity index (χ4n) is 2.69. The quantitative estimate of drug-likeness (QED) is 0.614. The van der Waals surface area contributed by atoms with Crippen LogP contribution < -0.4 is 0 Å². The number of carbonyl (C=O) groups excluding carboxylic acids is 1. The van der Waals surface area contributed by atoms with Crippen molar-refractivity contribution in [3.8, 4) is 0 Å². The lowest BCUT2D eigenvalue weighted by atomic mass is 9.87. The number of esters is 1. The Hall–Kier alpha value is -1.35. The highest BCUT2D eigenvalue weighted by molar-refractivity contribution is 9.09. The Bertz CT molecular complexity index is 623. The normalized spacial score (nSPS) is 23.3. The van der Waals surface area contributed by atoms with E-state index in [0.29, 0.717) is 11.8 Å². The van der Waals surface area contributed by atoms with Gasteiger partial charge in [0.2, 0.25) is 0 Å². The number of cyclic esters (lactones) is 1. The van der Waals surface area contributed by atoms with Crippen LogP contribution in [-0.2, 0) is 15.1 Å². The molecule has 3 heteroatoms. The smallest absolute Gasteiger partial charge is 0.306 e. The summed E-state index contributed by atoms with van der Waals surface area (Å²) in [5.74, 6) is -0.0983. The summed E-state index contributed by atoms with van der Waals surface area (Å²) in [6.45, 7) is 0. The third-order valence-electron chi connectivity index (χ3n) is 3.76. The Kier molecular flexibility index (Phi) is 3.31. The molecule has 19 heavy (non-hydrogen) atoms. The molecule has 0 amide bonds. The molecule has 0 aliphatic carbocycles. The predicted octanol–water partition coefficient (Wildman–Crippen LogP) is 4.16. The minimum Gasteiger partial charge on any atom is -0.453 e. The van der Waals surface area contributed by atoms with E-state index in [2.05, 4.69) is 46.3 Å². The highest BCUT2D eigenvalue weighted by atomic mass is 79.9.